The summed E-state index contributed by atoms with van der Waals surface area (Å²) < 4.78 is 11.6. The summed E-state index contributed by atoms with van der Waals surface area (Å²) in [6.45, 7) is 4.35. The van der Waals surface area contributed by atoms with Crippen LogP contribution in [0, 0.1) is 0 Å². The second kappa shape index (κ2) is 6.40. The predicted molar refractivity (Wildman–Crippen MR) is 88.0 cm³/mol. The van der Waals surface area contributed by atoms with E-state index in [4.69, 9.17) is 9.15 Å². The maximum absolute atomic E-state index is 5.79. The fraction of sp³-hybridized carbons (Fsp3) is 0.471. The molecule has 2 aromatic rings. The van der Waals surface area contributed by atoms with Crippen molar-refractivity contribution in [1.82, 2.24) is 10.6 Å². The van der Waals surface area contributed by atoms with Crippen LogP contribution in [0.5, 0.6) is 0 Å². The third-order valence-electron chi connectivity index (χ3n) is 4.06. The first-order chi connectivity index (χ1) is 10.7. The van der Waals surface area contributed by atoms with E-state index in [1.807, 2.05) is 24.3 Å². The first-order valence-electron chi connectivity index (χ1n) is 7.74. The zero-order chi connectivity index (χ0) is 15.4. The van der Waals surface area contributed by atoms with E-state index in [0.717, 1.165) is 48.7 Å². The van der Waals surface area contributed by atoms with Crippen LogP contribution in [0.25, 0.3) is 11.0 Å². The smallest absolute Gasteiger partial charge is 0.191 e. The molecule has 2 N–H and O–H groups in total. The molecule has 1 aromatic carbocycles. The third kappa shape index (κ3) is 3.42. The van der Waals surface area contributed by atoms with Gasteiger partial charge < -0.3 is 19.8 Å². The Morgan fingerprint density at radius 2 is 2.18 bits per heavy atom. The Morgan fingerprint density at radius 1 is 1.32 bits per heavy atom. The number of fused-ring (bicyclic) bond motifs is 1. The number of nitrogens with zero attached hydrogens (tertiary/aromatic N) is 1. The van der Waals surface area contributed by atoms with Gasteiger partial charge in [-0.2, -0.15) is 0 Å². The molecule has 0 radical (unpaired) electrons. The van der Waals surface area contributed by atoms with Crippen molar-refractivity contribution >= 4 is 16.9 Å². The first kappa shape index (κ1) is 14.9. The van der Waals surface area contributed by atoms with E-state index >= 15 is 0 Å². The van der Waals surface area contributed by atoms with E-state index in [2.05, 4.69) is 28.6 Å². The molecule has 0 aliphatic carbocycles. The van der Waals surface area contributed by atoms with Crippen LogP contribution in [0.4, 0.5) is 0 Å². The van der Waals surface area contributed by atoms with E-state index in [1.54, 1.807) is 7.05 Å². The van der Waals surface area contributed by atoms with Crippen molar-refractivity contribution in [1.29, 1.82) is 0 Å². The summed E-state index contributed by atoms with van der Waals surface area (Å²) in [7, 11) is 1.77. The maximum atomic E-state index is 5.79. The minimum atomic E-state index is -0.0863. The molecular formula is C17H23N3O2. The van der Waals surface area contributed by atoms with Crippen LogP contribution in [-0.4, -0.2) is 31.8 Å². The van der Waals surface area contributed by atoms with E-state index < -0.39 is 0 Å². The van der Waals surface area contributed by atoms with Gasteiger partial charge in [-0.3, -0.25) is 4.99 Å². The molecule has 5 heteroatoms. The second-order valence-corrected chi connectivity index (χ2v) is 5.93. The molecule has 118 valence electrons. The van der Waals surface area contributed by atoms with Gasteiger partial charge in [0.2, 0.25) is 0 Å². The molecule has 1 fully saturated rings. The fourth-order valence-corrected chi connectivity index (χ4v) is 2.76. The number of hydrogen-bond donors (Lipinski definition) is 2. The molecule has 1 aliphatic heterocycles. The molecule has 1 saturated heterocycles. The van der Waals surface area contributed by atoms with Crippen molar-refractivity contribution in [3.8, 4) is 0 Å². The number of benzene rings is 1. The SMILES string of the molecule is CN=C(NCc1cc2ccccc2o1)NCC1(C)CCCO1. The first-order valence-corrected chi connectivity index (χ1v) is 7.74. The molecule has 1 unspecified atom stereocenters. The van der Waals surface area contributed by atoms with Gasteiger partial charge in [0.15, 0.2) is 5.96 Å². The van der Waals surface area contributed by atoms with Gasteiger partial charge in [0.05, 0.1) is 12.1 Å². The van der Waals surface area contributed by atoms with Gasteiger partial charge in [-0.15, -0.1) is 0 Å². The summed E-state index contributed by atoms with van der Waals surface area (Å²) in [4.78, 5) is 4.25. The lowest BCUT2D eigenvalue weighted by molar-refractivity contribution is 0.0243. The zero-order valence-corrected chi connectivity index (χ0v) is 13.2. The Morgan fingerprint density at radius 3 is 2.91 bits per heavy atom. The molecule has 0 saturated carbocycles. The molecule has 0 bridgehead atoms. The number of nitrogens with one attached hydrogen (secondary N) is 2. The highest BCUT2D eigenvalue weighted by Gasteiger charge is 2.29. The molecule has 3 rings (SSSR count). The van der Waals surface area contributed by atoms with Crippen LogP contribution in [0.2, 0.25) is 0 Å². The summed E-state index contributed by atoms with van der Waals surface area (Å²) in [5.74, 6) is 1.66. The summed E-state index contributed by atoms with van der Waals surface area (Å²) in [6, 6.07) is 10.1. The molecule has 2 heterocycles. The van der Waals surface area contributed by atoms with E-state index in [9.17, 15) is 0 Å². The second-order valence-electron chi connectivity index (χ2n) is 5.93. The highest BCUT2D eigenvalue weighted by Crippen LogP contribution is 2.23. The quantitative estimate of drug-likeness (QED) is 0.673. The minimum absolute atomic E-state index is 0.0863. The van der Waals surface area contributed by atoms with E-state index in [1.165, 1.54) is 0 Å². The molecule has 0 amide bonds. The number of hydrogen-bond acceptors (Lipinski definition) is 3. The Balaban J connectivity index is 1.54. The van der Waals surface area contributed by atoms with Crippen LogP contribution >= 0.6 is 0 Å². The third-order valence-corrected chi connectivity index (χ3v) is 4.06. The Kier molecular flexibility index (Phi) is 4.34. The molecule has 22 heavy (non-hydrogen) atoms. The standard InChI is InChI=1S/C17H23N3O2/c1-17(8-5-9-21-17)12-20-16(18-2)19-11-14-10-13-6-3-4-7-15(13)22-14/h3-4,6-7,10H,5,8-9,11-12H2,1-2H3,(H2,18,19,20). The van der Waals surface area contributed by atoms with Crippen LogP contribution in [0.1, 0.15) is 25.5 Å². The number of guanidine groups is 1. The van der Waals surface area contributed by atoms with Crippen LogP contribution < -0.4 is 10.6 Å². The van der Waals surface area contributed by atoms with Crippen molar-refractivity contribution in [3.63, 3.8) is 0 Å². The molecule has 0 spiro atoms. The number of furan rings is 1. The summed E-state index contributed by atoms with van der Waals surface area (Å²) in [5, 5.41) is 7.73. The average Bonchev–Trinajstić information content (AvgIpc) is 3.13. The van der Waals surface area contributed by atoms with Crippen molar-refractivity contribution in [2.75, 3.05) is 20.2 Å². The highest BCUT2D eigenvalue weighted by atomic mass is 16.5. The monoisotopic (exact) mass is 301 g/mol. The number of ether oxygens (including phenoxy) is 1. The van der Waals surface area contributed by atoms with Gasteiger partial charge in [0.1, 0.15) is 11.3 Å². The summed E-state index contributed by atoms with van der Waals surface area (Å²) in [5.41, 5.74) is 0.825. The van der Waals surface area contributed by atoms with Gasteiger partial charge in [0, 0.05) is 25.6 Å². The lowest BCUT2D eigenvalue weighted by Gasteiger charge is -2.24. The van der Waals surface area contributed by atoms with E-state index in [-0.39, 0.29) is 5.60 Å². The average molecular weight is 301 g/mol. The maximum Gasteiger partial charge on any atom is 0.191 e. The van der Waals surface area contributed by atoms with Crippen molar-refractivity contribution in [2.24, 2.45) is 4.99 Å². The molecule has 1 aromatic heterocycles. The Hall–Kier alpha value is -2.01. The van der Waals surface area contributed by atoms with Crippen molar-refractivity contribution < 1.29 is 9.15 Å². The highest BCUT2D eigenvalue weighted by molar-refractivity contribution is 5.80. The van der Waals surface area contributed by atoms with Crippen LogP contribution in [0.3, 0.4) is 0 Å². The largest absolute Gasteiger partial charge is 0.459 e. The summed E-state index contributed by atoms with van der Waals surface area (Å²) >= 11 is 0. The lowest BCUT2D eigenvalue weighted by atomic mass is 10.0. The fourth-order valence-electron chi connectivity index (χ4n) is 2.76. The number of para-hydroxylation sites is 1. The van der Waals surface area contributed by atoms with Gasteiger partial charge in [-0.1, -0.05) is 18.2 Å². The van der Waals surface area contributed by atoms with Gasteiger partial charge in [-0.05, 0) is 31.9 Å². The van der Waals surface area contributed by atoms with Crippen LogP contribution in [0.15, 0.2) is 39.7 Å². The number of rotatable bonds is 4. The zero-order valence-electron chi connectivity index (χ0n) is 13.2. The topological polar surface area (TPSA) is 58.8 Å². The van der Waals surface area contributed by atoms with Gasteiger partial charge in [0.25, 0.3) is 0 Å². The van der Waals surface area contributed by atoms with Crippen molar-refractivity contribution in [2.45, 2.75) is 31.9 Å². The van der Waals surface area contributed by atoms with Gasteiger partial charge >= 0.3 is 0 Å². The Bertz CT molecular complexity index is 624. The lowest BCUT2D eigenvalue weighted by Crippen LogP contribution is -2.45. The van der Waals surface area contributed by atoms with Crippen molar-refractivity contribution in [3.05, 3.63) is 36.1 Å². The minimum Gasteiger partial charge on any atom is -0.459 e. The Labute approximate surface area is 130 Å². The molecule has 1 aliphatic rings. The predicted octanol–water partition coefficient (Wildman–Crippen LogP) is 2.67. The normalized spacial score (nSPS) is 22.2. The van der Waals surface area contributed by atoms with Crippen LogP contribution in [-0.2, 0) is 11.3 Å². The van der Waals surface area contributed by atoms with Gasteiger partial charge in [-0.25, -0.2) is 0 Å². The summed E-state index contributed by atoms with van der Waals surface area (Å²) in [6.07, 6.45) is 2.21. The molecular weight excluding hydrogens is 278 g/mol. The van der Waals surface area contributed by atoms with E-state index in [0.29, 0.717) is 6.54 Å². The molecule has 1 atom stereocenters. The number of aliphatic imine (C=N–C) groups is 1. The molecule has 5 nitrogen and oxygen atoms in total.